The molecule has 120 valence electrons. The number of carbonyl (C=O) groups excluding carboxylic acids is 1. The van der Waals surface area contributed by atoms with Gasteiger partial charge >= 0.3 is 6.09 Å². The molecule has 0 radical (unpaired) electrons. The number of nitrogens with one attached hydrogen (secondary N) is 1. The molecule has 0 unspecified atom stereocenters. The normalized spacial score (nSPS) is 15.6. The third-order valence-electron chi connectivity index (χ3n) is 3.46. The van der Waals surface area contributed by atoms with Crippen LogP contribution in [0.3, 0.4) is 0 Å². The maximum atomic E-state index is 12.0. The molecule has 6 heteroatoms. The summed E-state index contributed by atoms with van der Waals surface area (Å²) in [5.41, 5.74) is 6.76. The molecule has 0 saturated carbocycles. The average Bonchev–Trinajstić information content (AvgIpc) is 2.45. The van der Waals surface area contributed by atoms with Crippen LogP contribution < -0.4 is 5.73 Å². The maximum Gasteiger partial charge on any atom is 0.410 e. The summed E-state index contributed by atoms with van der Waals surface area (Å²) in [5.74, 6) is 0.405. The highest BCUT2D eigenvalue weighted by molar-refractivity contribution is 6.01. The van der Waals surface area contributed by atoms with Crippen LogP contribution in [0.5, 0.6) is 0 Å². The number of para-hydroxylation sites is 1. The molecule has 0 spiro atoms. The zero-order chi connectivity index (χ0) is 16.3. The minimum absolute atomic E-state index is 0.294. The SMILES string of the molecule is CC(C)(C)OC(=O)N1CCN(C(=N)c2ccccc2N)CC1. The van der Waals surface area contributed by atoms with Gasteiger partial charge < -0.3 is 20.3 Å². The zero-order valence-corrected chi connectivity index (χ0v) is 13.4. The number of nitrogens with zero attached hydrogens (tertiary/aromatic N) is 2. The van der Waals surface area contributed by atoms with Gasteiger partial charge in [0.1, 0.15) is 11.4 Å². The van der Waals surface area contributed by atoms with Crippen molar-refractivity contribution in [2.75, 3.05) is 31.9 Å². The number of carbonyl (C=O) groups is 1. The number of benzene rings is 1. The first-order valence-electron chi connectivity index (χ1n) is 7.44. The summed E-state index contributed by atoms with van der Waals surface area (Å²) in [6.07, 6.45) is -0.294. The van der Waals surface area contributed by atoms with Crippen LogP contribution in [0.1, 0.15) is 26.3 Å². The van der Waals surface area contributed by atoms with Crippen LogP contribution in [0, 0.1) is 5.41 Å². The van der Waals surface area contributed by atoms with Gasteiger partial charge in [0, 0.05) is 37.4 Å². The molecule has 3 N–H and O–H groups in total. The van der Waals surface area contributed by atoms with Crippen LogP contribution in [-0.2, 0) is 4.74 Å². The Labute approximate surface area is 131 Å². The molecule has 1 saturated heterocycles. The standard InChI is InChI=1S/C16H24N4O2/c1-16(2,3)22-15(21)20-10-8-19(9-11-20)14(18)12-6-4-5-7-13(12)17/h4-7,18H,8-11,17H2,1-3H3. The van der Waals surface area contributed by atoms with Crippen molar-refractivity contribution in [1.82, 2.24) is 9.80 Å². The fourth-order valence-corrected chi connectivity index (χ4v) is 2.32. The first kappa shape index (κ1) is 16.1. The number of nitrogens with two attached hydrogens (primary N) is 1. The molecular weight excluding hydrogens is 280 g/mol. The number of anilines is 1. The Morgan fingerprint density at radius 3 is 2.23 bits per heavy atom. The smallest absolute Gasteiger partial charge is 0.410 e. The molecule has 1 fully saturated rings. The number of ether oxygens (including phenoxy) is 1. The van der Waals surface area contributed by atoms with Crippen molar-refractivity contribution in [3.05, 3.63) is 29.8 Å². The van der Waals surface area contributed by atoms with Crippen LogP contribution in [0.15, 0.2) is 24.3 Å². The Kier molecular flexibility index (Phi) is 4.59. The highest BCUT2D eigenvalue weighted by Crippen LogP contribution is 2.16. The summed E-state index contributed by atoms with van der Waals surface area (Å²) in [7, 11) is 0. The molecule has 22 heavy (non-hydrogen) atoms. The van der Waals surface area contributed by atoms with Gasteiger partial charge in [-0.2, -0.15) is 0 Å². The molecular formula is C16H24N4O2. The summed E-state index contributed by atoms with van der Waals surface area (Å²) < 4.78 is 5.37. The molecule has 1 aromatic rings. The summed E-state index contributed by atoms with van der Waals surface area (Å²) in [5, 5.41) is 8.29. The Morgan fingerprint density at radius 1 is 1.14 bits per heavy atom. The van der Waals surface area contributed by atoms with Gasteiger partial charge in [-0.1, -0.05) is 12.1 Å². The summed E-state index contributed by atoms with van der Waals surface area (Å²) in [4.78, 5) is 15.6. The maximum absolute atomic E-state index is 12.0. The van der Waals surface area contributed by atoms with Gasteiger partial charge in [-0.05, 0) is 32.9 Å². The number of amides is 1. The van der Waals surface area contributed by atoms with E-state index in [2.05, 4.69) is 0 Å². The van der Waals surface area contributed by atoms with E-state index in [9.17, 15) is 4.79 Å². The van der Waals surface area contributed by atoms with Crippen molar-refractivity contribution < 1.29 is 9.53 Å². The third kappa shape index (κ3) is 3.90. The number of piperazine rings is 1. The number of hydrogen-bond donors (Lipinski definition) is 2. The molecule has 1 aliphatic rings. The van der Waals surface area contributed by atoms with Crippen LogP contribution in [0.25, 0.3) is 0 Å². The first-order valence-corrected chi connectivity index (χ1v) is 7.44. The Bertz CT molecular complexity index is 558. The van der Waals surface area contributed by atoms with E-state index >= 15 is 0 Å². The third-order valence-corrected chi connectivity index (χ3v) is 3.46. The Balaban J connectivity index is 1.94. The molecule has 1 amide bonds. The molecule has 1 aromatic carbocycles. The fourth-order valence-electron chi connectivity index (χ4n) is 2.32. The van der Waals surface area contributed by atoms with Gasteiger partial charge in [0.05, 0.1) is 0 Å². The Morgan fingerprint density at radius 2 is 1.68 bits per heavy atom. The van der Waals surface area contributed by atoms with E-state index in [0.717, 1.165) is 5.56 Å². The van der Waals surface area contributed by atoms with E-state index in [0.29, 0.717) is 37.7 Å². The lowest BCUT2D eigenvalue weighted by atomic mass is 10.1. The van der Waals surface area contributed by atoms with E-state index in [4.69, 9.17) is 15.9 Å². The second-order valence-corrected chi connectivity index (χ2v) is 6.39. The molecule has 1 aliphatic heterocycles. The molecule has 0 bridgehead atoms. The molecule has 2 rings (SSSR count). The topological polar surface area (TPSA) is 82.7 Å². The van der Waals surface area contributed by atoms with Crippen molar-refractivity contribution >= 4 is 17.6 Å². The summed E-state index contributed by atoms with van der Waals surface area (Å²) in [6, 6.07) is 7.36. The molecule has 0 aromatic heterocycles. The lowest BCUT2D eigenvalue weighted by molar-refractivity contribution is 0.0187. The highest BCUT2D eigenvalue weighted by atomic mass is 16.6. The summed E-state index contributed by atoms with van der Waals surface area (Å²) in [6.45, 7) is 7.87. The lowest BCUT2D eigenvalue weighted by Gasteiger charge is -2.36. The molecule has 0 aliphatic carbocycles. The van der Waals surface area contributed by atoms with Gasteiger partial charge in [0.15, 0.2) is 0 Å². The predicted octanol–water partition coefficient (Wildman–Crippen LogP) is 2.15. The van der Waals surface area contributed by atoms with Crippen LogP contribution in [0.2, 0.25) is 0 Å². The first-order chi connectivity index (χ1) is 10.3. The van der Waals surface area contributed by atoms with Gasteiger partial charge in [-0.3, -0.25) is 5.41 Å². The quantitative estimate of drug-likeness (QED) is 0.473. The van der Waals surface area contributed by atoms with E-state index in [1.807, 2.05) is 43.9 Å². The van der Waals surface area contributed by atoms with E-state index < -0.39 is 5.60 Å². The average molecular weight is 304 g/mol. The van der Waals surface area contributed by atoms with Crippen molar-refractivity contribution in [3.63, 3.8) is 0 Å². The minimum atomic E-state index is -0.487. The van der Waals surface area contributed by atoms with Crippen LogP contribution in [0.4, 0.5) is 10.5 Å². The van der Waals surface area contributed by atoms with E-state index in [1.165, 1.54) is 0 Å². The number of amidine groups is 1. The van der Waals surface area contributed by atoms with Gasteiger partial charge in [-0.25, -0.2) is 4.79 Å². The number of rotatable bonds is 1. The minimum Gasteiger partial charge on any atom is -0.444 e. The van der Waals surface area contributed by atoms with Crippen molar-refractivity contribution in [3.8, 4) is 0 Å². The molecule has 6 nitrogen and oxygen atoms in total. The number of hydrogen-bond acceptors (Lipinski definition) is 4. The van der Waals surface area contributed by atoms with Gasteiger partial charge in [-0.15, -0.1) is 0 Å². The lowest BCUT2D eigenvalue weighted by Crippen LogP contribution is -2.51. The van der Waals surface area contributed by atoms with Crippen molar-refractivity contribution in [2.45, 2.75) is 26.4 Å². The van der Waals surface area contributed by atoms with Crippen molar-refractivity contribution in [2.24, 2.45) is 0 Å². The van der Waals surface area contributed by atoms with E-state index in [-0.39, 0.29) is 6.09 Å². The molecule has 1 heterocycles. The van der Waals surface area contributed by atoms with Gasteiger partial charge in [0.25, 0.3) is 0 Å². The number of nitrogen functional groups attached to an aromatic ring is 1. The largest absolute Gasteiger partial charge is 0.444 e. The molecule has 0 atom stereocenters. The summed E-state index contributed by atoms with van der Waals surface area (Å²) >= 11 is 0. The zero-order valence-electron chi connectivity index (χ0n) is 13.4. The fraction of sp³-hybridized carbons (Fsp3) is 0.500. The second kappa shape index (κ2) is 6.25. The van der Waals surface area contributed by atoms with Crippen LogP contribution >= 0.6 is 0 Å². The second-order valence-electron chi connectivity index (χ2n) is 6.39. The highest BCUT2D eigenvalue weighted by Gasteiger charge is 2.27. The van der Waals surface area contributed by atoms with Crippen LogP contribution in [-0.4, -0.2) is 53.5 Å². The predicted molar refractivity (Wildman–Crippen MR) is 87.1 cm³/mol. The van der Waals surface area contributed by atoms with Crippen molar-refractivity contribution in [1.29, 1.82) is 5.41 Å². The van der Waals surface area contributed by atoms with Gasteiger partial charge in [0.2, 0.25) is 0 Å². The Hall–Kier alpha value is -2.24. The van der Waals surface area contributed by atoms with E-state index in [1.54, 1.807) is 11.0 Å². The monoisotopic (exact) mass is 304 g/mol.